The van der Waals surface area contributed by atoms with E-state index in [2.05, 4.69) is 13.8 Å². The molecule has 0 heterocycles. The Morgan fingerprint density at radius 2 is 1.78 bits per heavy atom. The normalized spacial score (nSPS) is 29.4. The Morgan fingerprint density at radius 1 is 1.17 bits per heavy atom. The highest BCUT2D eigenvalue weighted by molar-refractivity contribution is 6.30. The Hall–Kier alpha value is -0.990. The molecule has 0 aromatic heterocycles. The van der Waals surface area contributed by atoms with Gasteiger partial charge in [0.25, 0.3) is 0 Å². The lowest BCUT2D eigenvalue weighted by atomic mass is 9.66. The molecule has 1 unspecified atom stereocenters. The Balaban J connectivity index is 2.38. The Kier molecular flexibility index (Phi) is 3.43. The van der Waals surface area contributed by atoms with Gasteiger partial charge in [-0.05, 0) is 42.4 Å². The monoisotopic (exact) mass is 266 g/mol. The Labute approximate surface area is 113 Å². The molecule has 0 saturated heterocycles. The lowest BCUT2D eigenvalue weighted by molar-refractivity contribution is 0.0181. The minimum Gasteiger partial charge on any atom is -0.516 e. The number of aliphatic hydroxyl groups is 2. The van der Waals surface area contributed by atoms with Crippen molar-refractivity contribution in [3.8, 4) is 0 Å². The van der Waals surface area contributed by atoms with E-state index in [0.29, 0.717) is 23.4 Å². The zero-order valence-corrected chi connectivity index (χ0v) is 11.5. The van der Waals surface area contributed by atoms with E-state index in [9.17, 15) is 10.2 Å². The zero-order valence-electron chi connectivity index (χ0n) is 10.8. The molecule has 1 aromatic rings. The first kappa shape index (κ1) is 13.4. The topological polar surface area (TPSA) is 40.5 Å². The number of hydrogen-bond donors (Lipinski definition) is 2. The van der Waals surface area contributed by atoms with Crippen LogP contribution in [-0.2, 0) is 5.60 Å². The summed E-state index contributed by atoms with van der Waals surface area (Å²) >= 11 is 5.87. The third-order valence-electron chi connectivity index (χ3n) is 3.84. The van der Waals surface area contributed by atoms with Crippen molar-refractivity contribution in [3.05, 3.63) is 46.7 Å². The van der Waals surface area contributed by atoms with Crippen molar-refractivity contribution in [2.75, 3.05) is 0 Å². The molecule has 18 heavy (non-hydrogen) atoms. The third-order valence-corrected chi connectivity index (χ3v) is 4.09. The molecular weight excluding hydrogens is 248 g/mol. The first-order valence-electron chi connectivity index (χ1n) is 6.20. The Morgan fingerprint density at radius 3 is 2.33 bits per heavy atom. The zero-order chi connectivity index (χ0) is 13.4. The second-order valence-electron chi connectivity index (χ2n) is 5.86. The second-order valence-corrected chi connectivity index (χ2v) is 6.30. The molecule has 3 heteroatoms. The highest BCUT2D eigenvalue weighted by Crippen LogP contribution is 2.48. The summed E-state index contributed by atoms with van der Waals surface area (Å²) in [5.74, 6) is 0. The summed E-state index contributed by atoms with van der Waals surface area (Å²) in [5, 5.41) is 20.9. The van der Waals surface area contributed by atoms with E-state index in [1.807, 2.05) is 12.1 Å². The summed E-state index contributed by atoms with van der Waals surface area (Å²) in [6.07, 6.45) is 3.30. The largest absolute Gasteiger partial charge is 0.516 e. The van der Waals surface area contributed by atoms with Gasteiger partial charge in [0.05, 0.1) is 6.26 Å². The van der Waals surface area contributed by atoms with Crippen LogP contribution in [-0.4, -0.2) is 10.2 Å². The predicted molar refractivity (Wildman–Crippen MR) is 73.7 cm³/mol. The number of rotatable bonds is 1. The lowest BCUT2D eigenvalue weighted by Crippen LogP contribution is -2.37. The summed E-state index contributed by atoms with van der Waals surface area (Å²) in [6, 6.07) is 7.18. The van der Waals surface area contributed by atoms with Gasteiger partial charge in [0.2, 0.25) is 0 Å². The van der Waals surface area contributed by atoms with E-state index in [-0.39, 0.29) is 5.41 Å². The molecule has 1 aromatic carbocycles. The summed E-state index contributed by atoms with van der Waals surface area (Å²) in [4.78, 5) is 0. The summed E-state index contributed by atoms with van der Waals surface area (Å²) in [7, 11) is 0. The van der Waals surface area contributed by atoms with Crippen molar-refractivity contribution in [3.63, 3.8) is 0 Å². The van der Waals surface area contributed by atoms with E-state index in [4.69, 9.17) is 11.6 Å². The van der Waals surface area contributed by atoms with Crippen LogP contribution in [0.25, 0.3) is 0 Å². The van der Waals surface area contributed by atoms with E-state index < -0.39 is 5.60 Å². The van der Waals surface area contributed by atoms with Crippen LogP contribution in [0.1, 0.15) is 38.7 Å². The van der Waals surface area contributed by atoms with E-state index in [0.717, 1.165) is 18.2 Å². The van der Waals surface area contributed by atoms with Gasteiger partial charge in [0.15, 0.2) is 0 Å². The van der Waals surface area contributed by atoms with Crippen LogP contribution in [0.5, 0.6) is 0 Å². The molecule has 0 aliphatic heterocycles. The number of benzene rings is 1. The van der Waals surface area contributed by atoms with Crippen molar-refractivity contribution in [2.24, 2.45) is 5.41 Å². The molecular formula is C15H19ClO2. The molecule has 98 valence electrons. The molecule has 0 bridgehead atoms. The summed E-state index contributed by atoms with van der Waals surface area (Å²) < 4.78 is 0. The first-order valence-corrected chi connectivity index (χ1v) is 6.57. The van der Waals surface area contributed by atoms with Crippen LogP contribution in [0.2, 0.25) is 5.02 Å². The molecule has 2 N–H and O–H groups in total. The minimum absolute atomic E-state index is 0.118. The van der Waals surface area contributed by atoms with Crippen LogP contribution < -0.4 is 0 Å². The van der Waals surface area contributed by atoms with Gasteiger partial charge < -0.3 is 10.2 Å². The van der Waals surface area contributed by atoms with Gasteiger partial charge >= 0.3 is 0 Å². The van der Waals surface area contributed by atoms with Gasteiger partial charge in [-0.25, -0.2) is 0 Å². The molecule has 1 fully saturated rings. The van der Waals surface area contributed by atoms with Gasteiger partial charge in [0, 0.05) is 10.6 Å². The maximum absolute atomic E-state index is 10.9. The van der Waals surface area contributed by atoms with Gasteiger partial charge in [-0.3, -0.25) is 0 Å². The standard InChI is InChI=1S/C15H19ClO2/c1-14(2)7-8-15(18,12(9-14)10-17)11-3-5-13(16)6-4-11/h3-6,10,17-18H,7-9H2,1-2H3/b12-10+. The van der Waals surface area contributed by atoms with E-state index >= 15 is 0 Å². The maximum Gasteiger partial charge on any atom is 0.114 e. The SMILES string of the molecule is CC1(C)CCC(O)(c2ccc(Cl)cc2)/C(=C/O)C1. The summed E-state index contributed by atoms with van der Waals surface area (Å²) in [6.45, 7) is 4.30. The van der Waals surface area contributed by atoms with Crippen LogP contribution in [0, 0.1) is 5.41 Å². The fourth-order valence-corrected chi connectivity index (χ4v) is 2.76. The fraction of sp³-hybridized carbons (Fsp3) is 0.467. The van der Waals surface area contributed by atoms with Gasteiger partial charge in [0.1, 0.15) is 5.60 Å². The highest BCUT2D eigenvalue weighted by atomic mass is 35.5. The van der Waals surface area contributed by atoms with Crippen LogP contribution in [0.15, 0.2) is 36.1 Å². The lowest BCUT2D eigenvalue weighted by Gasteiger charge is -2.42. The maximum atomic E-state index is 10.9. The van der Waals surface area contributed by atoms with Crippen molar-refractivity contribution < 1.29 is 10.2 Å². The highest BCUT2D eigenvalue weighted by Gasteiger charge is 2.42. The van der Waals surface area contributed by atoms with Crippen molar-refractivity contribution >= 4 is 11.6 Å². The molecule has 0 amide bonds. The van der Waals surface area contributed by atoms with Crippen molar-refractivity contribution in [1.29, 1.82) is 0 Å². The van der Waals surface area contributed by atoms with Gasteiger partial charge in [-0.15, -0.1) is 0 Å². The van der Waals surface area contributed by atoms with Crippen molar-refractivity contribution in [1.82, 2.24) is 0 Å². The fourth-order valence-electron chi connectivity index (χ4n) is 2.64. The molecule has 0 radical (unpaired) electrons. The second kappa shape index (κ2) is 4.60. The van der Waals surface area contributed by atoms with E-state index in [1.165, 1.54) is 0 Å². The van der Waals surface area contributed by atoms with E-state index in [1.54, 1.807) is 12.1 Å². The van der Waals surface area contributed by atoms with Crippen molar-refractivity contribution in [2.45, 2.75) is 38.7 Å². The minimum atomic E-state index is -1.06. The summed E-state index contributed by atoms with van der Waals surface area (Å²) in [5.41, 5.74) is 0.533. The number of aliphatic hydroxyl groups excluding tert-OH is 1. The molecule has 0 spiro atoms. The smallest absolute Gasteiger partial charge is 0.114 e. The quantitative estimate of drug-likeness (QED) is 0.749. The van der Waals surface area contributed by atoms with Crippen LogP contribution in [0.3, 0.4) is 0 Å². The predicted octanol–water partition coefficient (Wildman–Crippen LogP) is 4.18. The molecule has 2 nitrogen and oxygen atoms in total. The molecule has 1 atom stereocenters. The first-order chi connectivity index (χ1) is 8.37. The average molecular weight is 267 g/mol. The molecule has 1 aliphatic carbocycles. The number of hydrogen-bond acceptors (Lipinski definition) is 2. The average Bonchev–Trinajstić information content (AvgIpc) is 2.33. The van der Waals surface area contributed by atoms with Gasteiger partial charge in [-0.1, -0.05) is 37.6 Å². The van der Waals surface area contributed by atoms with Gasteiger partial charge in [-0.2, -0.15) is 0 Å². The Bertz CT molecular complexity index is 462. The molecule has 1 aliphatic rings. The van der Waals surface area contributed by atoms with Crippen LogP contribution in [0.4, 0.5) is 0 Å². The molecule has 1 saturated carbocycles. The number of halogens is 1. The third kappa shape index (κ3) is 2.40. The van der Waals surface area contributed by atoms with Crippen LogP contribution >= 0.6 is 11.6 Å². The molecule has 2 rings (SSSR count).